The summed E-state index contributed by atoms with van der Waals surface area (Å²) in [5.41, 5.74) is 2.59. The van der Waals surface area contributed by atoms with Gasteiger partial charge >= 0.3 is 0 Å². The van der Waals surface area contributed by atoms with Crippen LogP contribution in [-0.4, -0.2) is 4.98 Å². The molecular weight excluding hydrogens is 253 g/mol. The first kappa shape index (κ1) is 14.2. The molecule has 1 N–H and O–H groups in total. The van der Waals surface area contributed by atoms with Crippen LogP contribution >= 0.6 is 0 Å². The van der Waals surface area contributed by atoms with E-state index in [0.717, 1.165) is 17.7 Å². The fourth-order valence-electron chi connectivity index (χ4n) is 1.99. The normalized spacial score (nSPS) is 11.8. The van der Waals surface area contributed by atoms with E-state index in [0.29, 0.717) is 12.1 Å². The van der Waals surface area contributed by atoms with Gasteiger partial charge < -0.3 is 5.32 Å². The lowest BCUT2D eigenvalue weighted by atomic mass is 10.1. The van der Waals surface area contributed by atoms with E-state index in [4.69, 9.17) is 5.26 Å². The summed E-state index contributed by atoms with van der Waals surface area (Å²) in [7, 11) is 0. The number of pyridine rings is 1. The van der Waals surface area contributed by atoms with Crippen molar-refractivity contribution in [1.29, 1.82) is 5.26 Å². The van der Waals surface area contributed by atoms with Crippen molar-refractivity contribution in [2.24, 2.45) is 0 Å². The number of nitrogens with zero attached hydrogens (tertiary/aromatic N) is 2. The van der Waals surface area contributed by atoms with Gasteiger partial charge in [-0.05, 0) is 36.2 Å². The van der Waals surface area contributed by atoms with Gasteiger partial charge in [0.1, 0.15) is 5.82 Å². The topological polar surface area (TPSA) is 48.7 Å². The Morgan fingerprint density at radius 1 is 1.25 bits per heavy atom. The average molecular weight is 269 g/mol. The number of nitriles is 1. The van der Waals surface area contributed by atoms with Crippen LogP contribution < -0.4 is 5.32 Å². The number of aromatic nitrogens is 1. The number of hydrogen-bond donors (Lipinski definition) is 1. The summed E-state index contributed by atoms with van der Waals surface area (Å²) in [6, 6.07) is 12.8. The van der Waals surface area contributed by atoms with Crippen molar-refractivity contribution in [3.05, 3.63) is 65.2 Å². The minimum Gasteiger partial charge on any atom is -0.305 e. The maximum absolute atomic E-state index is 12.9. The third-order valence-corrected chi connectivity index (χ3v) is 3.15. The Balaban J connectivity index is 2.00. The van der Waals surface area contributed by atoms with Crippen molar-refractivity contribution in [2.45, 2.75) is 25.9 Å². The quantitative estimate of drug-likeness (QED) is 0.905. The molecule has 0 bridgehead atoms. The van der Waals surface area contributed by atoms with E-state index in [-0.39, 0.29) is 11.9 Å². The second-order valence-electron chi connectivity index (χ2n) is 4.55. The highest BCUT2D eigenvalue weighted by atomic mass is 19.1. The molecule has 0 spiro atoms. The molecule has 20 heavy (non-hydrogen) atoms. The molecule has 1 atom stereocenters. The smallest absolute Gasteiger partial charge is 0.141 e. The minimum atomic E-state index is -0.323. The fraction of sp³-hybridized carbons (Fsp3) is 0.250. The van der Waals surface area contributed by atoms with Gasteiger partial charge in [0, 0.05) is 12.6 Å². The van der Waals surface area contributed by atoms with Crippen LogP contribution in [0, 0.1) is 17.1 Å². The largest absolute Gasteiger partial charge is 0.305 e. The van der Waals surface area contributed by atoms with Gasteiger partial charge in [0.15, 0.2) is 0 Å². The molecule has 1 unspecified atom stereocenters. The number of nitrogens with one attached hydrogen (secondary N) is 1. The Kier molecular flexibility index (Phi) is 4.80. The average Bonchev–Trinajstić information content (AvgIpc) is 2.50. The summed E-state index contributed by atoms with van der Waals surface area (Å²) in [4.78, 5) is 4.11. The summed E-state index contributed by atoms with van der Waals surface area (Å²) in [6.45, 7) is 2.74. The highest BCUT2D eigenvalue weighted by Gasteiger charge is 2.10. The standard InChI is InChI=1S/C16H16FN3/c1-2-15(16-8-7-14(17)11-20-16)19-10-13-5-3-12(9-18)4-6-13/h3-8,11,15,19H,2,10H2,1H3. The van der Waals surface area contributed by atoms with Gasteiger partial charge in [-0.3, -0.25) is 4.98 Å². The van der Waals surface area contributed by atoms with Crippen LogP contribution in [0.15, 0.2) is 42.6 Å². The Labute approximate surface area is 118 Å². The van der Waals surface area contributed by atoms with E-state index >= 15 is 0 Å². The molecule has 1 aromatic heterocycles. The Morgan fingerprint density at radius 2 is 2.00 bits per heavy atom. The molecule has 2 aromatic rings. The summed E-state index contributed by atoms with van der Waals surface area (Å²) < 4.78 is 12.9. The highest BCUT2D eigenvalue weighted by molar-refractivity contribution is 5.31. The molecule has 2 rings (SSSR count). The van der Waals surface area contributed by atoms with Crippen LogP contribution in [0.25, 0.3) is 0 Å². The molecule has 4 heteroatoms. The number of benzene rings is 1. The third-order valence-electron chi connectivity index (χ3n) is 3.15. The molecule has 0 fully saturated rings. The van der Waals surface area contributed by atoms with Crippen LogP contribution in [0.4, 0.5) is 4.39 Å². The lowest BCUT2D eigenvalue weighted by molar-refractivity contribution is 0.504. The molecule has 0 amide bonds. The van der Waals surface area contributed by atoms with Crippen LogP contribution in [0.5, 0.6) is 0 Å². The first-order valence-corrected chi connectivity index (χ1v) is 6.56. The zero-order chi connectivity index (χ0) is 14.4. The molecular formula is C16H16FN3. The van der Waals surface area contributed by atoms with E-state index in [2.05, 4.69) is 23.3 Å². The Morgan fingerprint density at radius 3 is 2.55 bits per heavy atom. The number of hydrogen-bond acceptors (Lipinski definition) is 3. The van der Waals surface area contributed by atoms with Crippen LogP contribution in [0.3, 0.4) is 0 Å². The van der Waals surface area contributed by atoms with Gasteiger partial charge in [-0.25, -0.2) is 4.39 Å². The maximum Gasteiger partial charge on any atom is 0.141 e. The molecule has 0 saturated heterocycles. The van der Waals surface area contributed by atoms with Crippen molar-refractivity contribution in [3.63, 3.8) is 0 Å². The molecule has 0 aliphatic carbocycles. The zero-order valence-electron chi connectivity index (χ0n) is 11.3. The van der Waals surface area contributed by atoms with Gasteiger partial charge in [0.2, 0.25) is 0 Å². The molecule has 3 nitrogen and oxygen atoms in total. The van der Waals surface area contributed by atoms with Crippen LogP contribution in [0.1, 0.15) is 36.2 Å². The fourth-order valence-corrected chi connectivity index (χ4v) is 1.99. The SMILES string of the molecule is CCC(NCc1ccc(C#N)cc1)c1ccc(F)cn1. The first-order chi connectivity index (χ1) is 9.72. The Bertz CT molecular complexity index is 585. The zero-order valence-corrected chi connectivity index (χ0v) is 11.3. The second-order valence-corrected chi connectivity index (χ2v) is 4.55. The highest BCUT2D eigenvalue weighted by Crippen LogP contribution is 2.15. The third kappa shape index (κ3) is 3.62. The van der Waals surface area contributed by atoms with Gasteiger partial charge in [0.05, 0.1) is 23.5 Å². The van der Waals surface area contributed by atoms with E-state index < -0.39 is 0 Å². The predicted molar refractivity (Wildman–Crippen MR) is 75.2 cm³/mol. The second kappa shape index (κ2) is 6.78. The van der Waals surface area contributed by atoms with Crippen molar-refractivity contribution >= 4 is 0 Å². The summed E-state index contributed by atoms with van der Waals surface area (Å²) in [6.07, 6.45) is 2.11. The summed E-state index contributed by atoms with van der Waals surface area (Å²) in [5.74, 6) is -0.323. The summed E-state index contributed by atoms with van der Waals surface area (Å²) >= 11 is 0. The molecule has 0 saturated carbocycles. The Hall–Kier alpha value is -2.25. The molecule has 1 aromatic carbocycles. The van der Waals surface area contributed by atoms with E-state index in [1.807, 2.05) is 12.1 Å². The lowest BCUT2D eigenvalue weighted by Crippen LogP contribution is -2.21. The number of halogens is 1. The van der Waals surface area contributed by atoms with E-state index in [1.165, 1.54) is 12.3 Å². The molecule has 0 aliphatic heterocycles. The lowest BCUT2D eigenvalue weighted by Gasteiger charge is -2.16. The summed E-state index contributed by atoms with van der Waals surface area (Å²) in [5, 5.41) is 12.1. The van der Waals surface area contributed by atoms with Crippen molar-refractivity contribution in [2.75, 3.05) is 0 Å². The van der Waals surface area contributed by atoms with Crippen LogP contribution in [-0.2, 0) is 6.54 Å². The van der Waals surface area contributed by atoms with Crippen molar-refractivity contribution in [1.82, 2.24) is 10.3 Å². The van der Waals surface area contributed by atoms with Gasteiger partial charge in [-0.15, -0.1) is 0 Å². The van der Waals surface area contributed by atoms with Gasteiger partial charge in [-0.2, -0.15) is 5.26 Å². The first-order valence-electron chi connectivity index (χ1n) is 6.56. The monoisotopic (exact) mass is 269 g/mol. The van der Waals surface area contributed by atoms with Gasteiger partial charge in [-0.1, -0.05) is 19.1 Å². The van der Waals surface area contributed by atoms with E-state index in [9.17, 15) is 4.39 Å². The maximum atomic E-state index is 12.9. The molecule has 102 valence electrons. The van der Waals surface area contributed by atoms with E-state index in [1.54, 1.807) is 18.2 Å². The number of rotatable bonds is 5. The minimum absolute atomic E-state index is 0.0891. The molecule has 0 aliphatic rings. The predicted octanol–water partition coefficient (Wildman–Crippen LogP) is 3.33. The van der Waals surface area contributed by atoms with Gasteiger partial charge in [0.25, 0.3) is 0 Å². The van der Waals surface area contributed by atoms with Crippen LogP contribution in [0.2, 0.25) is 0 Å². The van der Waals surface area contributed by atoms with Crippen molar-refractivity contribution < 1.29 is 4.39 Å². The molecule has 0 radical (unpaired) electrons. The van der Waals surface area contributed by atoms with Crippen molar-refractivity contribution in [3.8, 4) is 6.07 Å². The molecule has 1 heterocycles.